The topological polar surface area (TPSA) is 39.2 Å². The molecule has 21 heavy (non-hydrogen) atoms. The summed E-state index contributed by atoms with van der Waals surface area (Å²) < 4.78 is 5.94. The highest BCUT2D eigenvalue weighted by molar-refractivity contribution is 9.10. The first-order valence-electron chi connectivity index (χ1n) is 6.41. The Labute approximate surface area is 130 Å². The first-order valence-corrected chi connectivity index (χ1v) is 7.21. The van der Waals surface area contributed by atoms with Crippen molar-refractivity contribution in [3.05, 3.63) is 70.5 Å². The molecule has 0 aliphatic heterocycles. The molecular weight excluding hydrogens is 330 g/mol. The molecule has 0 fully saturated rings. The second-order valence-corrected chi connectivity index (χ2v) is 5.44. The summed E-state index contributed by atoms with van der Waals surface area (Å²) in [5.41, 5.74) is 1.20. The van der Waals surface area contributed by atoms with Crippen molar-refractivity contribution in [3.8, 4) is 5.75 Å². The van der Waals surface area contributed by atoms with Gasteiger partial charge < -0.3 is 4.74 Å². The Hall–Kier alpha value is -2.20. The molecule has 0 radical (unpaired) electrons. The van der Waals surface area contributed by atoms with Crippen LogP contribution in [-0.2, 0) is 0 Å². The zero-order valence-electron chi connectivity index (χ0n) is 11.3. The summed E-state index contributed by atoms with van der Waals surface area (Å²) in [6.45, 7) is 0. The zero-order valence-corrected chi connectivity index (χ0v) is 12.9. The van der Waals surface area contributed by atoms with E-state index in [1.54, 1.807) is 37.7 Å². The lowest BCUT2D eigenvalue weighted by Gasteiger charge is -2.07. The fourth-order valence-electron chi connectivity index (χ4n) is 2.26. The number of hydrogen-bond acceptors (Lipinski definition) is 3. The van der Waals surface area contributed by atoms with Crippen molar-refractivity contribution in [2.75, 3.05) is 7.11 Å². The van der Waals surface area contributed by atoms with Crippen LogP contribution in [0.2, 0.25) is 0 Å². The predicted molar refractivity (Wildman–Crippen MR) is 85.9 cm³/mol. The number of ether oxygens (including phenoxy) is 1. The van der Waals surface area contributed by atoms with Gasteiger partial charge in [0, 0.05) is 28.9 Å². The number of methoxy groups -OCH3 is 1. The van der Waals surface area contributed by atoms with Crippen molar-refractivity contribution in [2.45, 2.75) is 0 Å². The average molecular weight is 342 g/mol. The van der Waals surface area contributed by atoms with Crippen LogP contribution in [0.3, 0.4) is 0 Å². The summed E-state index contributed by atoms with van der Waals surface area (Å²) in [6, 6.07) is 13.0. The highest BCUT2D eigenvalue weighted by Crippen LogP contribution is 2.27. The summed E-state index contributed by atoms with van der Waals surface area (Å²) in [7, 11) is 1.59. The van der Waals surface area contributed by atoms with Crippen molar-refractivity contribution >= 4 is 32.5 Å². The van der Waals surface area contributed by atoms with Crippen LogP contribution in [0.15, 0.2) is 59.3 Å². The average Bonchev–Trinajstić information content (AvgIpc) is 2.53. The van der Waals surface area contributed by atoms with E-state index in [9.17, 15) is 4.79 Å². The van der Waals surface area contributed by atoms with Crippen LogP contribution >= 0.6 is 15.9 Å². The number of carbonyl (C=O) groups excluding carboxylic acids is 1. The van der Waals surface area contributed by atoms with Crippen LogP contribution in [0.5, 0.6) is 5.75 Å². The van der Waals surface area contributed by atoms with Gasteiger partial charge in [0.1, 0.15) is 5.75 Å². The van der Waals surface area contributed by atoms with Crippen LogP contribution in [0.1, 0.15) is 15.9 Å². The van der Waals surface area contributed by atoms with Gasteiger partial charge in [-0.1, -0.05) is 24.3 Å². The molecule has 0 aliphatic rings. The quantitative estimate of drug-likeness (QED) is 0.669. The maximum Gasteiger partial charge on any atom is 0.195 e. The van der Waals surface area contributed by atoms with Gasteiger partial charge in [-0.15, -0.1) is 0 Å². The number of aromatic nitrogens is 1. The third-order valence-electron chi connectivity index (χ3n) is 3.33. The van der Waals surface area contributed by atoms with Gasteiger partial charge in [-0.2, -0.15) is 0 Å². The minimum Gasteiger partial charge on any atom is -0.496 e. The van der Waals surface area contributed by atoms with Crippen molar-refractivity contribution < 1.29 is 9.53 Å². The fraction of sp³-hybridized carbons (Fsp3) is 0.0588. The molecule has 0 N–H and O–H groups in total. The Morgan fingerprint density at radius 3 is 2.71 bits per heavy atom. The number of halogens is 1. The van der Waals surface area contributed by atoms with Crippen LogP contribution in [0.25, 0.3) is 10.8 Å². The molecule has 2 aromatic carbocycles. The molecule has 3 nitrogen and oxygen atoms in total. The number of carbonyl (C=O) groups is 1. The zero-order chi connectivity index (χ0) is 14.8. The Balaban J connectivity index is 2.10. The molecule has 1 heterocycles. The van der Waals surface area contributed by atoms with Crippen molar-refractivity contribution in [3.63, 3.8) is 0 Å². The SMILES string of the molecule is COc1ccc(C(=O)c2cncc3ccccc23)cc1Br. The third kappa shape index (κ3) is 2.54. The second-order valence-electron chi connectivity index (χ2n) is 4.59. The van der Waals surface area contributed by atoms with Gasteiger partial charge in [0.15, 0.2) is 5.78 Å². The molecule has 0 aliphatic carbocycles. The number of hydrogen-bond donors (Lipinski definition) is 0. The molecule has 3 aromatic rings. The molecule has 0 saturated heterocycles. The van der Waals surface area contributed by atoms with E-state index in [-0.39, 0.29) is 5.78 Å². The predicted octanol–water partition coefficient (Wildman–Crippen LogP) is 4.24. The molecule has 0 amide bonds. The van der Waals surface area contributed by atoms with Gasteiger partial charge in [0.25, 0.3) is 0 Å². The van der Waals surface area contributed by atoms with E-state index in [0.717, 1.165) is 15.2 Å². The molecule has 4 heteroatoms. The van der Waals surface area contributed by atoms with Gasteiger partial charge in [-0.25, -0.2) is 0 Å². The van der Waals surface area contributed by atoms with Crippen LogP contribution in [0.4, 0.5) is 0 Å². The standard InChI is InChI=1S/C17H12BrNO2/c1-21-16-7-6-11(8-15(16)18)17(20)14-10-19-9-12-4-2-3-5-13(12)14/h2-10H,1H3. The largest absolute Gasteiger partial charge is 0.496 e. The molecule has 1 aromatic heterocycles. The summed E-state index contributed by atoms with van der Waals surface area (Å²) in [5, 5.41) is 1.86. The molecule has 3 rings (SSSR count). The molecule has 0 spiro atoms. The van der Waals surface area contributed by atoms with Gasteiger partial charge in [-0.3, -0.25) is 9.78 Å². The number of fused-ring (bicyclic) bond motifs is 1. The van der Waals surface area contributed by atoms with Crippen molar-refractivity contribution in [1.82, 2.24) is 4.98 Å². The lowest BCUT2D eigenvalue weighted by atomic mass is 10.00. The van der Waals surface area contributed by atoms with Crippen LogP contribution < -0.4 is 4.74 Å². The molecule has 0 atom stereocenters. The minimum atomic E-state index is -0.0531. The highest BCUT2D eigenvalue weighted by Gasteiger charge is 2.14. The number of nitrogens with zero attached hydrogens (tertiary/aromatic N) is 1. The highest BCUT2D eigenvalue weighted by atomic mass is 79.9. The molecular formula is C17H12BrNO2. The third-order valence-corrected chi connectivity index (χ3v) is 3.95. The maximum absolute atomic E-state index is 12.7. The molecule has 0 bridgehead atoms. The van der Waals surface area contributed by atoms with E-state index in [2.05, 4.69) is 20.9 Å². The van der Waals surface area contributed by atoms with Gasteiger partial charge >= 0.3 is 0 Å². The van der Waals surface area contributed by atoms with Crippen molar-refractivity contribution in [2.24, 2.45) is 0 Å². The Morgan fingerprint density at radius 2 is 1.95 bits per heavy atom. The van der Waals surface area contributed by atoms with Gasteiger partial charge in [0.2, 0.25) is 0 Å². The van der Waals surface area contributed by atoms with E-state index in [4.69, 9.17) is 4.74 Å². The smallest absolute Gasteiger partial charge is 0.195 e. The van der Waals surface area contributed by atoms with E-state index >= 15 is 0 Å². The number of pyridine rings is 1. The maximum atomic E-state index is 12.7. The number of ketones is 1. The lowest BCUT2D eigenvalue weighted by molar-refractivity contribution is 0.104. The minimum absolute atomic E-state index is 0.0531. The molecule has 0 saturated carbocycles. The normalized spacial score (nSPS) is 10.6. The van der Waals surface area contributed by atoms with Crippen LogP contribution in [0, 0.1) is 0 Å². The van der Waals surface area contributed by atoms with Crippen molar-refractivity contribution in [1.29, 1.82) is 0 Å². The van der Waals surface area contributed by atoms with E-state index in [0.29, 0.717) is 16.9 Å². The Morgan fingerprint density at radius 1 is 1.14 bits per heavy atom. The first-order chi connectivity index (χ1) is 10.2. The fourth-order valence-corrected chi connectivity index (χ4v) is 2.80. The Kier molecular flexibility index (Phi) is 3.71. The van der Waals surface area contributed by atoms with E-state index in [1.807, 2.05) is 24.3 Å². The van der Waals surface area contributed by atoms with E-state index < -0.39 is 0 Å². The summed E-state index contributed by atoms with van der Waals surface area (Å²) in [4.78, 5) is 16.9. The monoisotopic (exact) mass is 341 g/mol. The van der Waals surface area contributed by atoms with Gasteiger partial charge in [-0.05, 0) is 39.5 Å². The summed E-state index contributed by atoms with van der Waals surface area (Å²) >= 11 is 3.41. The molecule has 0 unspecified atom stereocenters. The lowest BCUT2D eigenvalue weighted by Crippen LogP contribution is -2.03. The molecule has 104 valence electrons. The van der Waals surface area contributed by atoms with Gasteiger partial charge in [0.05, 0.1) is 11.6 Å². The summed E-state index contributed by atoms with van der Waals surface area (Å²) in [6.07, 6.45) is 3.37. The van der Waals surface area contributed by atoms with E-state index in [1.165, 1.54) is 0 Å². The number of benzene rings is 2. The Bertz CT molecular complexity index is 825. The first kappa shape index (κ1) is 13.8. The summed E-state index contributed by atoms with van der Waals surface area (Å²) in [5.74, 6) is 0.644. The second kappa shape index (κ2) is 5.66. The van der Waals surface area contributed by atoms with Crippen LogP contribution in [-0.4, -0.2) is 17.9 Å². The number of rotatable bonds is 3.